The van der Waals surface area contributed by atoms with E-state index in [1.54, 1.807) is 0 Å². The van der Waals surface area contributed by atoms with Crippen molar-refractivity contribution in [3.63, 3.8) is 0 Å². The molecule has 2 rings (SSSR count). The van der Waals surface area contributed by atoms with Crippen molar-refractivity contribution in [1.82, 2.24) is 4.90 Å². The number of anilines is 1. The molecular formula is C16H24N2O2. The number of ether oxygens (including phenoxy) is 1. The number of hydrogen-bond donors (Lipinski definition) is 1. The van der Waals surface area contributed by atoms with Crippen LogP contribution >= 0.6 is 0 Å². The number of carbonyl (C=O) groups is 1. The molecule has 0 unspecified atom stereocenters. The SMILES string of the molecule is CC(C)Oc1ccc(NC(=O)CCN2CCCC2)cc1. The Balaban J connectivity index is 1.75. The van der Waals surface area contributed by atoms with E-state index in [2.05, 4.69) is 10.2 Å². The summed E-state index contributed by atoms with van der Waals surface area (Å²) in [5, 5.41) is 2.93. The lowest BCUT2D eigenvalue weighted by atomic mass is 10.3. The molecule has 1 aliphatic heterocycles. The highest BCUT2D eigenvalue weighted by atomic mass is 16.5. The first-order valence-electron chi connectivity index (χ1n) is 7.42. The minimum absolute atomic E-state index is 0.0782. The number of hydrogen-bond acceptors (Lipinski definition) is 3. The van der Waals surface area contributed by atoms with E-state index in [1.165, 1.54) is 12.8 Å². The summed E-state index contributed by atoms with van der Waals surface area (Å²) >= 11 is 0. The third-order valence-corrected chi connectivity index (χ3v) is 3.36. The van der Waals surface area contributed by atoms with E-state index in [1.807, 2.05) is 38.1 Å². The summed E-state index contributed by atoms with van der Waals surface area (Å²) in [6, 6.07) is 7.53. The number of rotatable bonds is 6. The van der Waals surface area contributed by atoms with Crippen LogP contribution in [0, 0.1) is 0 Å². The number of nitrogens with zero attached hydrogens (tertiary/aromatic N) is 1. The van der Waals surface area contributed by atoms with Gasteiger partial charge in [-0.25, -0.2) is 0 Å². The minimum Gasteiger partial charge on any atom is -0.491 e. The zero-order valence-corrected chi connectivity index (χ0v) is 12.4. The number of nitrogens with one attached hydrogen (secondary N) is 1. The fourth-order valence-corrected chi connectivity index (χ4v) is 2.38. The summed E-state index contributed by atoms with van der Waals surface area (Å²) in [5.41, 5.74) is 0.826. The summed E-state index contributed by atoms with van der Waals surface area (Å²) in [5.74, 6) is 0.907. The van der Waals surface area contributed by atoms with Gasteiger partial charge in [0.15, 0.2) is 0 Å². The topological polar surface area (TPSA) is 41.6 Å². The molecular weight excluding hydrogens is 252 g/mol. The second kappa shape index (κ2) is 7.29. The van der Waals surface area contributed by atoms with Crippen LogP contribution < -0.4 is 10.1 Å². The first-order chi connectivity index (χ1) is 9.63. The van der Waals surface area contributed by atoms with Crippen LogP contribution in [0.15, 0.2) is 24.3 Å². The minimum atomic E-state index is 0.0782. The number of amides is 1. The van der Waals surface area contributed by atoms with E-state index in [0.717, 1.165) is 31.1 Å². The Bertz CT molecular complexity index is 423. The Morgan fingerprint density at radius 1 is 1.25 bits per heavy atom. The lowest BCUT2D eigenvalue weighted by Crippen LogP contribution is -2.25. The molecule has 0 atom stereocenters. The molecule has 1 heterocycles. The van der Waals surface area contributed by atoms with Crippen molar-refractivity contribution in [2.75, 3.05) is 25.0 Å². The second-order valence-corrected chi connectivity index (χ2v) is 5.54. The van der Waals surface area contributed by atoms with Gasteiger partial charge in [0.25, 0.3) is 0 Å². The molecule has 4 nitrogen and oxygen atoms in total. The van der Waals surface area contributed by atoms with E-state index in [4.69, 9.17) is 4.74 Å². The summed E-state index contributed by atoms with van der Waals surface area (Å²) in [7, 11) is 0. The van der Waals surface area contributed by atoms with Crippen molar-refractivity contribution in [1.29, 1.82) is 0 Å². The molecule has 0 radical (unpaired) electrons. The van der Waals surface area contributed by atoms with Crippen LogP contribution in [-0.4, -0.2) is 36.5 Å². The Hall–Kier alpha value is -1.55. The van der Waals surface area contributed by atoms with Gasteiger partial charge in [0, 0.05) is 18.7 Å². The predicted molar refractivity (Wildman–Crippen MR) is 81.1 cm³/mol. The molecule has 0 aromatic heterocycles. The lowest BCUT2D eigenvalue weighted by molar-refractivity contribution is -0.116. The van der Waals surface area contributed by atoms with Crippen molar-refractivity contribution in [2.45, 2.75) is 39.2 Å². The highest BCUT2D eigenvalue weighted by Gasteiger charge is 2.12. The lowest BCUT2D eigenvalue weighted by Gasteiger charge is -2.14. The highest BCUT2D eigenvalue weighted by molar-refractivity contribution is 5.90. The Labute approximate surface area is 121 Å². The maximum absolute atomic E-state index is 11.9. The van der Waals surface area contributed by atoms with Gasteiger partial charge in [-0.05, 0) is 64.0 Å². The fourth-order valence-electron chi connectivity index (χ4n) is 2.38. The molecule has 1 N–H and O–H groups in total. The van der Waals surface area contributed by atoms with Crippen molar-refractivity contribution >= 4 is 11.6 Å². The van der Waals surface area contributed by atoms with Crippen LogP contribution in [0.5, 0.6) is 5.75 Å². The van der Waals surface area contributed by atoms with E-state index in [0.29, 0.717) is 6.42 Å². The average Bonchev–Trinajstić information content (AvgIpc) is 2.91. The Morgan fingerprint density at radius 3 is 2.50 bits per heavy atom. The van der Waals surface area contributed by atoms with E-state index in [9.17, 15) is 4.79 Å². The van der Waals surface area contributed by atoms with E-state index >= 15 is 0 Å². The summed E-state index contributed by atoms with van der Waals surface area (Å²) in [6.07, 6.45) is 3.25. The first kappa shape index (κ1) is 14.9. The standard InChI is InChI=1S/C16H24N2O2/c1-13(2)20-15-7-5-14(6-8-15)17-16(19)9-12-18-10-3-4-11-18/h5-8,13H,3-4,9-12H2,1-2H3,(H,17,19). The van der Waals surface area contributed by atoms with Crippen molar-refractivity contribution < 1.29 is 9.53 Å². The molecule has 1 aromatic rings. The van der Waals surface area contributed by atoms with Crippen LogP contribution in [0.3, 0.4) is 0 Å². The van der Waals surface area contributed by atoms with Gasteiger partial charge in [-0.2, -0.15) is 0 Å². The van der Waals surface area contributed by atoms with E-state index < -0.39 is 0 Å². The maximum Gasteiger partial charge on any atom is 0.225 e. The average molecular weight is 276 g/mol. The van der Waals surface area contributed by atoms with Gasteiger partial charge in [-0.1, -0.05) is 0 Å². The van der Waals surface area contributed by atoms with Crippen molar-refractivity contribution in [2.24, 2.45) is 0 Å². The van der Waals surface area contributed by atoms with Crippen LogP contribution in [-0.2, 0) is 4.79 Å². The molecule has 1 saturated heterocycles. The largest absolute Gasteiger partial charge is 0.491 e. The number of likely N-dealkylation sites (tertiary alicyclic amines) is 1. The molecule has 1 aliphatic rings. The Kier molecular flexibility index (Phi) is 5.41. The van der Waals surface area contributed by atoms with Crippen LogP contribution in [0.25, 0.3) is 0 Å². The van der Waals surface area contributed by atoms with Gasteiger partial charge in [-0.3, -0.25) is 4.79 Å². The summed E-state index contributed by atoms with van der Waals surface area (Å²) < 4.78 is 5.57. The first-order valence-corrected chi connectivity index (χ1v) is 7.42. The van der Waals surface area contributed by atoms with Crippen LogP contribution in [0.2, 0.25) is 0 Å². The normalized spacial score (nSPS) is 15.6. The molecule has 1 aromatic carbocycles. The molecule has 0 bridgehead atoms. The van der Waals surface area contributed by atoms with Gasteiger partial charge in [-0.15, -0.1) is 0 Å². The smallest absolute Gasteiger partial charge is 0.225 e. The monoisotopic (exact) mass is 276 g/mol. The van der Waals surface area contributed by atoms with Gasteiger partial charge >= 0.3 is 0 Å². The summed E-state index contributed by atoms with van der Waals surface area (Å²) in [6.45, 7) is 7.12. The molecule has 0 spiro atoms. The maximum atomic E-state index is 11.9. The molecule has 0 aliphatic carbocycles. The highest BCUT2D eigenvalue weighted by Crippen LogP contribution is 2.17. The molecule has 4 heteroatoms. The quantitative estimate of drug-likeness (QED) is 0.868. The fraction of sp³-hybridized carbons (Fsp3) is 0.562. The third-order valence-electron chi connectivity index (χ3n) is 3.36. The third kappa shape index (κ3) is 4.85. The van der Waals surface area contributed by atoms with Gasteiger partial charge < -0.3 is 15.0 Å². The Morgan fingerprint density at radius 2 is 1.90 bits per heavy atom. The number of carbonyl (C=O) groups excluding carboxylic acids is 1. The van der Waals surface area contributed by atoms with Crippen LogP contribution in [0.1, 0.15) is 33.1 Å². The molecule has 1 fully saturated rings. The van der Waals surface area contributed by atoms with Crippen molar-refractivity contribution in [3.05, 3.63) is 24.3 Å². The van der Waals surface area contributed by atoms with Gasteiger partial charge in [0.2, 0.25) is 5.91 Å². The van der Waals surface area contributed by atoms with E-state index in [-0.39, 0.29) is 12.0 Å². The van der Waals surface area contributed by atoms with Gasteiger partial charge in [0.05, 0.1) is 6.10 Å². The zero-order chi connectivity index (χ0) is 14.4. The molecule has 110 valence electrons. The van der Waals surface area contributed by atoms with Crippen molar-refractivity contribution in [3.8, 4) is 5.75 Å². The summed E-state index contributed by atoms with van der Waals surface area (Å²) in [4.78, 5) is 14.2. The number of benzene rings is 1. The van der Waals surface area contributed by atoms with Gasteiger partial charge in [0.1, 0.15) is 5.75 Å². The molecule has 0 saturated carbocycles. The molecule has 1 amide bonds. The predicted octanol–water partition coefficient (Wildman–Crippen LogP) is 2.90. The zero-order valence-electron chi connectivity index (χ0n) is 12.4. The second-order valence-electron chi connectivity index (χ2n) is 5.54. The van der Waals surface area contributed by atoms with Crippen LogP contribution in [0.4, 0.5) is 5.69 Å². The molecule has 20 heavy (non-hydrogen) atoms.